The fraction of sp³-hybridized carbons (Fsp3) is 0.529. The van der Waals surface area contributed by atoms with Gasteiger partial charge >= 0.3 is 0 Å². The molecule has 112 valence electrons. The zero-order valence-corrected chi connectivity index (χ0v) is 12.7. The Hall–Kier alpha value is -1.68. The van der Waals surface area contributed by atoms with Crippen LogP contribution < -0.4 is 5.32 Å². The van der Waals surface area contributed by atoms with Crippen LogP contribution in [0.4, 0.5) is 0 Å². The van der Waals surface area contributed by atoms with Gasteiger partial charge in [-0.1, -0.05) is 25.3 Å². The highest BCUT2D eigenvalue weighted by Gasteiger charge is 2.26. The number of imidazole rings is 1. The number of rotatable bonds is 5. The lowest BCUT2D eigenvalue weighted by molar-refractivity contribution is 0.262. The number of H-pyrrole nitrogens is 1. The summed E-state index contributed by atoms with van der Waals surface area (Å²) >= 11 is 0. The van der Waals surface area contributed by atoms with Crippen LogP contribution in [0.15, 0.2) is 30.6 Å². The van der Waals surface area contributed by atoms with Crippen molar-refractivity contribution in [1.29, 1.82) is 0 Å². The SMILES string of the molecule is Cc1cccc(CNC(c2ncc[nH]2)C2CCCCC2)n1. The summed E-state index contributed by atoms with van der Waals surface area (Å²) in [6.45, 7) is 2.83. The van der Waals surface area contributed by atoms with Crippen molar-refractivity contribution in [2.45, 2.75) is 51.6 Å². The molecule has 2 aromatic rings. The highest BCUT2D eigenvalue weighted by atomic mass is 15.0. The van der Waals surface area contributed by atoms with Crippen molar-refractivity contribution in [2.24, 2.45) is 5.92 Å². The Morgan fingerprint density at radius 1 is 1.29 bits per heavy atom. The molecule has 4 heteroatoms. The molecule has 2 N–H and O–H groups in total. The zero-order valence-electron chi connectivity index (χ0n) is 12.7. The maximum absolute atomic E-state index is 4.58. The average Bonchev–Trinajstić information content (AvgIpc) is 3.03. The molecular formula is C17H24N4. The molecule has 0 radical (unpaired) electrons. The largest absolute Gasteiger partial charge is 0.347 e. The number of aromatic amines is 1. The topological polar surface area (TPSA) is 53.6 Å². The Balaban J connectivity index is 1.70. The molecule has 1 fully saturated rings. The fourth-order valence-electron chi connectivity index (χ4n) is 3.31. The van der Waals surface area contributed by atoms with E-state index >= 15 is 0 Å². The van der Waals surface area contributed by atoms with Crippen molar-refractivity contribution in [3.63, 3.8) is 0 Å². The van der Waals surface area contributed by atoms with Gasteiger partial charge in [0.1, 0.15) is 5.82 Å². The van der Waals surface area contributed by atoms with Gasteiger partial charge in [-0.05, 0) is 37.8 Å². The molecule has 1 saturated carbocycles. The van der Waals surface area contributed by atoms with E-state index in [1.165, 1.54) is 32.1 Å². The van der Waals surface area contributed by atoms with E-state index < -0.39 is 0 Å². The Kier molecular flexibility index (Phi) is 4.65. The third kappa shape index (κ3) is 3.70. The molecule has 1 atom stereocenters. The van der Waals surface area contributed by atoms with Gasteiger partial charge in [-0.25, -0.2) is 4.98 Å². The first-order chi connectivity index (χ1) is 10.3. The molecule has 0 bridgehead atoms. The van der Waals surface area contributed by atoms with Gasteiger partial charge in [0.2, 0.25) is 0 Å². The standard InChI is InChI=1S/C17H24N4/c1-13-6-5-9-15(21-13)12-20-16(17-18-10-11-19-17)14-7-3-2-4-8-14/h5-6,9-11,14,16,20H,2-4,7-8,12H2,1H3,(H,18,19). The smallest absolute Gasteiger partial charge is 0.123 e. The highest BCUT2D eigenvalue weighted by Crippen LogP contribution is 2.33. The van der Waals surface area contributed by atoms with E-state index in [4.69, 9.17) is 0 Å². The van der Waals surface area contributed by atoms with E-state index in [-0.39, 0.29) is 0 Å². The van der Waals surface area contributed by atoms with Gasteiger partial charge in [0.25, 0.3) is 0 Å². The van der Waals surface area contributed by atoms with Gasteiger partial charge in [-0.3, -0.25) is 4.98 Å². The van der Waals surface area contributed by atoms with Crippen LogP contribution in [0.3, 0.4) is 0 Å². The van der Waals surface area contributed by atoms with E-state index in [2.05, 4.69) is 32.4 Å². The minimum absolute atomic E-state index is 0.308. The van der Waals surface area contributed by atoms with Crippen LogP contribution in [0.25, 0.3) is 0 Å². The first-order valence-electron chi connectivity index (χ1n) is 7.98. The number of nitrogens with one attached hydrogen (secondary N) is 2. The minimum Gasteiger partial charge on any atom is -0.347 e. The summed E-state index contributed by atoms with van der Waals surface area (Å²) in [7, 11) is 0. The molecule has 0 saturated heterocycles. The number of nitrogens with zero attached hydrogens (tertiary/aromatic N) is 2. The van der Waals surface area contributed by atoms with Gasteiger partial charge in [0.05, 0.1) is 11.7 Å². The van der Waals surface area contributed by atoms with Gasteiger partial charge in [-0.2, -0.15) is 0 Å². The van der Waals surface area contributed by atoms with Crippen LogP contribution in [-0.4, -0.2) is 15.0 Å². The van der Waals surface area contributed by atoms with E-state index in [0.29, 0.717) is 12.0 Å². The van der Waals surface area contributed by atoms with Crippen molar-refractivity contribution in [3.8, 4) is 0 Å². The predicted molar refractivity (Wildman–Crippen MR) is 83.7 cm³/mol. The molecule has 21 heavy (non-hydrogen) atoms. The second kappa shape index (κ2) is 6.85. The maximum atomic E-state index is 4.58. The Bertz CT molecular complexity index is 544. The molecule has 0 aromatic carbocycles. The molecule has 0 spiro atoms. The van der Waals surface area contributed by atoms with Crippen LogP contribution in [0.5, 0.6) is 0 Å². The Labute approximate surface area is 126 Å². The van der Waals surface area contributed by atoms with Crippen LogP contribution in [0.2, 0.25) is 0 Å². The van der Waals surface area contributed by atoms with E-state index in [0.717, 1.165) is 23.8 Å². The van der Waals surface area contributed by atoms with Gasteiger partial charge in [0, 0.05) is 24.6 Å². The zero-order chi connectivity index (χ0) is 14.5. The lowest BCUT2D eigenvalue weighted by Crippen LogP contribution is -2.30. The van der Waals surface area contributed by atoms with E-state index in [1.807, 2.05) is 25.4 Å². The highest BCUT2D eigenvalue weighted by molar-refractivity contribution is 5.10. The van der Waals surface area contributed by atoms with Crippen molar-refractivity contribution >= 4 is 0 Å². The Morgan fingerprint density at radius 2 is 2.14 bits per heavy atom. The minimum atomic E-state index is 0.308. The van der Waals surface area contributed by atoms with Gasteiger partial charge in [-0.15, -0.1) is 0 Å². The molecular weight excluding hydrogens is 260 g/mol. The molecule has 2 aromatic heterocycles. The number of hydrogen-bond acceptors (Lipinski definition) is 3. The van der Waals surface area contributed by atoms with Gasteiger partial charge < -0.3 is 10.3 Å². The van der Waals surface area contributed by atoms with Crippen molar-refractivity contribution in [1.82, 2.24) is 20.3 Å². The average molecular weight is 284 g/mol. The lowest BCUT2D eigenvalue weighted by Gasteiger charge is -2.29. The Morgan fingerprint density at radius 3 is 2.86 bits per heavy atom. The van der Waals surface area contributed by atoms with Crippen molar-refractivity contribution in [3.05, 3.63) is 47.8 Å². The molecule has 2 heterocycles. The number of aromatic nitrogens is 3. The monoisotopic (exact) mass is 284 g/mol. The number of hydrogen-bond donors (Lipinski definition) is 2. The van der Waals surface area contributed by atoms with Crippen LogP contribution >= 0.6 is 0 Å². The third-order valence-electron chi connectivity index (χ3n) is 4.38. The van der Waals surface area contributed by atoms with Gasteiger partial charge in [0.15, 0.2) is 0 Å². The second-order valence-corrected chi connectivity index (χ2v) is 6.00. The van der Waals surface area contributed by atoms with Crippen LogP contribution in [0.1, 0.15) is 55.4 Å². The van der Waals surface area contributed by atoms with Crippen molar-refractivity contribution in [2.75, 3.05) is 0 Å². The molecule has 0 amide bonds. The maximum Gasteiger partial charge on any atom is 0.123 e. The first-order valence-corrected chi connectivity index (χ1v) is 7.98. The second-order valence-electron chi connectivity index (χ2n) is 6.00. The first kappa shape index (κ1) is 14.3. The fourth-order valence-corrected chi connectivity index (χ4v) is 3.31. The van der Waals surface area contributed by atoms with Crippen molar-refractivity contribution < 1.29 is 0 Å². The molecule has 1 unspecified atom stereocenters. The van der Waals surface area contributed by atoms with E-state index in [1.54, 1.807) is 0 Å². The third-order valence-corrected chi connectivity index (χ3v) is 4.38. The summed E-state index contributed by atoms with van der Waals surface area (Å²) < 4.78 is 0. The summed E-state index contributed by atoms with van der Waals surface area (Å²) in [5, 5.41) is 3.68. The van der Waals surface area contributed by atoms with Crippen LogP contribution in [0, 0.1) is 12.8 Å². The molecule has 1 aliphatic rings. The summed E-state index contributed by atoms with van der Waals surface area (Å²) in [6.07, 6.45) is 10.4. The summed E-state index contributed by atoms with van der Waals surface area (Å²) in [6, 6.07) is 6.50. The predicted octanol–water partition coefficient (Wildman–Crippen LogP) is 3.52. The van der Waals surface area contributed by atoms with E-state index in [9.17, 15) is 0 Å². The van der Waals surface area contributed by atoms with Crippen LogP contribution in [-0.2, 0) is 6.54 Å². The normalized spacial score (nSPS) is 17.8. The lowest BCUT2D eigenvalue weighted by atomic mass is 9.83. The number of pyridine rings is 1. The molecule has 0 aliphatic heterocycles. The quantitative estimate of drug-likeness (QED) is 0.883. The molecule has 1 aliphatic carbocycles. The summed E-state index contributed by atoms with van der Waals surface area (Å²) in [5.74, 6) is 1.74. The molecule has 3 rings (SSSR count). The molecule has 4 nitrogen and oxygen atoms in total. The summed E-state index contributed by atoms with van der Waals surface area (Å²) in [4.78, 5) is 12.3. The summed E-state index contributed by atoms with van der Waals surface area (Å²) in [5.41, 5.74) is 2.17. The number of aryl methyl sites for hydroxylation is 1.